The highest BCUT2D eigenvalue weighted by atomic mass is 15.2. The Hall–Kier alpha value is -12.0. The summed E-state index contributed by atoms with van der Waals surface area (Å²) in [5.41, 5.74) is 22.1. The van der Waals surface area contributed by atoms with Crippen LogP contribution in [0.3, 0.4) is 0 Å². The van der Waals surface area contributed by atoms with Crippen molar-refractivity contribution in [3.05, 3.63) is 376 Å². The number of para-hydroxylation sites is 6. The summed E-state index contributed by atoms with van der Waals surface area (Å²) in [6, 6.07) is 136. The van der Waals surface area contributed by atoms with Crippen molar-refractivity contribution in [3.63, 3.8) is 0 Å². The van der Waals surface area contributed by atoms with E-state index in [-0.39, 0.29) is 0 Å². The van der Waals surface area contributed by atoms with E-state index < -0.39 is 0 Å². The molecule has 15 aromatic carbocycles. The lowest BCUT2D eigenvalue weighted by Crippen LogP contribution is -2.10. The molecule has 0 N–H and O–H groups in total. The van der Waals surface area contributed by atoms with Crippen LogP contribution in [0.2, 0.25) is 0 Å². The molecule has 0 atom stereocenters. The van der Waals surface area contributed by atoms with Crippen LogP contribution in [0.5, 0.6) is 0 Å². The van der Waals surface area contributed by atoms with Gasteiger partial charge in [0.25, 0.3) is 0 Å². The van der Waals surface area contributed by atoms with Crippen molar-refractivity contribution in [1.82, 2.24) is 0 Å². The second kappa shape index (κ2) is 24.8. The summed E-state index contributed by atoms with van der Waals surface area (Å²) >= 11 is 0. The molecule has 4 nitrogen and oxygen atoms in total. The van der Waals surface area contributed by atoms with Crippen LogP contribution in [-0.2, 0) is 0 Å². The number of anilines is 12. The fourth-order valence-corrected chi connectivity index (χ4v) is 12.8. The Bertz CT molecular complexity index is 4470. The van der Waals surface area contributed by atoms with Crippen molar-refractivity contribution in [2.45, 2.75) is 0 Å². The summed E-state index contributed by atoms with van der Waals surface area (Å²) < 4.78 is 0. The first-order chi connectivity index (χ1) is 44.7. The van der Waals surface area contributed by atoms with Crippen LogP contribution in [0.25, 0.3) is 66.1 Å². The topological polar surface area (TPSA) is 13.0 Å². The lowest BCUT2D eigenvalue weighted by atomic mass is 9.85. The van der Waals surface area contributed by atoms with E-state index in [1.54, 1.807) is 0 Å². The van der Waals surface area contributed by atoms with Crippen LogP contribution in [0.15, 0.2) is 376 Å². The molecular weight excluding hydrogens is 1090 g/mol. The van der Waals surface area contributed by atoms with E-state index in [2.05, 4.69) is 396 Å². The maximum Gasteiger partial charge on any atom is 0.0468 e. The molecule has 0 aromatic heterocycles. The Labute approximate surface area is 527 Å². The zero-order chi connectivity index (χ0) is 60.0. The average Bonchev–Trinajstić information content (AvgIpc) is 0.777. The minimum atomic E-state index is 1.05. The Morgan fingerprint density at radius 2 is 0.300 bits per heavy atom. The van der Waals surface area contributed by atoms with Gasteiger partial charge < -0.3 is 19.6 Å². The molecular formula is C86H62N4. The quantitative estimate of drug-likeness (QED) is 0.0894. The highest BCUT2D eigenvalue weighted by Gasteiger charge is 2.24. The lowest BCUT2D eigenvalue weighted by Gasteiger charge is -2.29. The summed E-state index contributed by atoms with van der Waals surface area (Å²) in [6.07, 6.45) is 0. The van der Waals surface area contributed by atoms with Gasteiger partial charge in [-0.2, -0.15) is 0 Å². The monoisotopic (exact) mass is 1150 g/mol. The van der Waals surface area contributed by atoms with E-state index in [0.29, 0.717) is 0 Å². The molecule has 15 aromatic rings. The number of fused-ring (bicyclic) bond motifs is 2. The van der Waals surface area contributed by atoms with E-state index in [9.17, 15) is 0 Å². The number of benzene rings is 15. The summed E-state index contributed by atoms with van der Waals surface area (Å²) in [7, 11) is 0. The van der Waals surface area contributed by atoms with E-state index >= 15 is 0 Å². The predicted octanol–water partition coefficient (Wildman–Crippen LogP) is 24.5. The average molecular weight is 1150 g/mol. The highest BCUT2D eigenvalue weighted by Crippen LogP contribution is 2.50. The van der Waals surface area contributed by atoms with Gasteiger partial charge >= 0.3 is 0 Å². The van der Waals surface area contributed by atoms with Gasteiger partial charge in [0.1, 0.15) is 0 Å². The van der Waals surface area contributed by atoms with Crippen molar-refractivity contribution in [3.8, 4) is 44.5 Å². The SMILES string of the molecule is c1ccc(-c2ccc(N(c3ccccc3)c3ccc4c(-c5ccc(N(c6ccccc6)c6ccccc6)cc5)c5cc(N(c6ccccc6)c6ccc(-c7ccccc7)cc6)ccc5c(-c5ccc(N(c6ccccc6)c6ccccc6)cc5)c4c3)cc2)cc1. The Kier molecular flexibility index (Phi) is 15.0. The molecule has 15 rings (SSSR count). The van der Waals surface area contributed by atoms with Gasteiger partial charge in [-0.1, -0.05) is 231 Å². The molecule has 0 aliphatic heterocycles. The first kappa shape index (κ1) is 54.7. The van der Waals surface area contributed by atoms with Gasteiger partial charge in [-0.25, -0.2) is 0 Å². The summed E-state index contributed by atoms with van der Waals surface area (Å²) in [6.45, 7) is 0. The molecule has 0 fully saturated rings. The molecule has 0 saturated heterocycles. The number of hydrogen-bond donors (Lipinski definition) is 0. The third-order valence-corrected chi connectivity index (χ3v) is 17.0. The fourth-order valence-electron chi connectivity index (χ4n) is 12.8. The first-order valence-corrected chi connectivity index (χ1v) is 30.7. The second-order valence-corrected chi connectivity index (χ2v) is 22.5. The van der Waals surface area contributed by atoms with Gasteiger partial charge in [-0.3, -0.25) is 0 Å². The van der Waals surface area contributed by atoms with Crippen molar-refractivity contribution in [2.75, 3.05) is 19.6 Å². The van der Waals surface area contributed by atoms with Gasteiger partial charge in [-0.05, 0) is 212 Å². The maximum absolute atomic E-state index is 2.43. The third-order valence-electron chi connectivity index (χ3n) is 17.0. The van der Waals surface area contributed by atoms with E-state index in [4.69, 9.17) is 0 Å². The van der Waals surface area contributed by atoms with Gasteiger partial charge in [-0.15, -0.1) is 0 Å². The third kappa shape index (κ3) is 10.9. The van der Waals surface area contributed by atoms with Crippen molar-refractivity contribution in [1.29, 1.82) is 0 Å². The molecule has 0 spiro atoms. The lowest BCUT2D eigenvalue weighted by molar-refractivity contribution is 1.28. The summed E-state index contributed by atoms with van der Waals surface area (Å²) in [5, 5.41) is 4.55. The van der Waals surface area contributed by atoms with Crippen LogP contribution in [-0.4, -0.2) is 0 Å². The van der Waals surface area contributed by atoms with Crippen LogP contribution >= 0.6 is 0 Å². The van der Waals surface area contributed by atoms with Gasteiger partial charge in [0.05, 0.1) is 0 Å². The van der Waals surface area contributed by atoms with Gasteiger partial charge in [0.2, 0.25) is 0 Å². The molecule has 90 heavy (non-hydrogen) atoms. The normalized spacial score (nSPS) is 11.1. The summed E-state index contributed by atoms with van der Waals surface area (Å²) in [4.78, 5) is 9.45. The molecule has 0 aliphatic carbocycles. The Morgan fingerprint density at radius 3 is 0.544 bits per heavy atom. The maximum atomic E-state index is 2.43. The molecule has 0 unspecified atom stereocenters. The standard InChI is InChI=1S/C86H62N4/c1-9-25-63(26-10-1)65-41-49-77(50-42-65)89(73-37-21-7-22-38-73)79-57-59-81-83(61-79)85(67-45-53-75(54-46-67)87(69-29-13-3-14-30-69)70-31-15-4-16-32-70)82-60-58-80(90(74-39-23-8-24-40-74)78-51-43-66(44-52-78)64-27-11-2-12-28-64)62-84(82)86(81)68-47-55-76(56-48-68)88(71-33-17-5-18-34-71)72-35-19-6-20-36-72/h1-62H. The van der Waals surface area contributed by atoms with Crippen LogP contribution in [0.4, 0.5) is 68.2 Å². The first-order valence-electron chi connectivity index (χ1n) is 30.7. The van der Waals surface area contributed by atoms with E-state index in [1.165, 1.54) is 22.3 Å². The van der Waals surface area contributed by atoms with Crippen LogP contribution in [0.1, 0.15) is 0 Å². The molecule has 0 heterocycles. The molecule has 0 aliphatic rings. The van der Waals surface area contributed by atoms with E-state index in [0.717, 1.165) is 112 Å². The molecule has 426 valence electrons. The molecule has 0 bridgehead atoms. The largest absolute Gasteiger partial charge is 0.311 e. The Balaban J connectivity index is 0.984. The molecule has 0 radical (unpaired) electrons. The fraction of sp³-hybridized carbons (Fsp3) is 0. The van der Waals surface area contributed by atoms with E-state index in [1.807, 2.05) is 0 Å². The highest BCUT2D eigenvalue weighted by molar-refractivity contribution is 6.23. The van der Waals surface area contributed by atoms with Crippen molar-refractivity contribution in [2.24, 2.45) is 0 Å². The van der Waals surface area contributed by atoms with Crippen LogP contribution < -0.4 is 19.6 Å². The Morgan fingerprint density at radius 1 is 0.122 bits per heavy atom. The van der Waals surface area contributed by atoms with Gasteiger partial charge in [0.15, 0.2) is 0 Å². The predicted molar refractivity (Wildman–Crippen MR) is 382 cm³/mol. The van der Waals surface area contributed by atoms with Crippen LogP contribution in [0, 0.1) is 0 Å². The molecule has 0 saturated carbocycles. The number of hydrogen-bond acceptors (Lipinski definition) is 4. The second-order valence-electron chi connectivity index (χ2n) is 22.5. The molecule has 4 heteroatoms. The summed E-state index contributed by atoms with van der Waals surface area (Å²) in [5.74, 6) is 0. The minimum Gasteiger partial charge on any atom is -0.311 e. The smallest absolute Gasteiger partial charge is 0.0468 e. The number of rotatable bonds is 16. The zero-order valence-corrected chi connectivity index (χ0v) is 49.6. The zero-order valence-electron chi connectivity index (χ0n) is 49.6. The van der Waals surface area contributed by atoms with Crippen molar-refractivity contribution >= 4 is 89.8 Å². The minimum absolute atomic E-state index is 1.05. The number of nitrogens with zero attached hydrogens (tertiary/aromatic N) is 4. The van der Waals surface area contributed by atoms with Gasteiger partial charge in [0, 0.05) is 68.2 Å². The molecule has 0 amide bonds. The van der Waals surface area contributed by atoms with Crippen molar-refractivity contribution < 1.29 is 0 Å².